The van der Waals surface area contributed by atoms with Crippen LogP contribution in [0.5, 0.6) is 23.1 Å². The van der Waals surface area contributed by atoms with Gasteiger partial charge in [0.05, 0.1) is 19.8 Å². The number of hydrogen-bond acceptors (Lipinski definition) is 8. The van der Waals surface area contributed by atoms with E-state index in [0.717, 1.165) is 0 Å². The van der Waals surface area contributed by atoms with E-state index in [1.807, 2.05) is 37.8 Å². The summed E-state index contributed by atoms with van der Waals surface area (Å²) in [5.41, 5.74) is 0.514. The molecular formula is C25H31N5O5. The fourth-order valence-electron chi connectivity index (χ4n) is 3.94. The molecule has 0 unspecified atom stereocenters. The molecule has 0 atom stereocenters. The Morgan fingerprint density at radius 2 is 1.66 bits per heavy atom. The lowest BCUT2D eigenvalue weighted by Gasteiger charge is -2.32. The van der Waals surface area contributed by atoms with Crippen molar-refractivity contribution in [1.82, 2.24) is 24.9 Å². The van der Waals surface area contributed by atoms with Gasteiger partial charge in [0.2, 0.25) is 11.6 Å². The maximum Gasteiger partial charge on any atom is 0.254 e. The fraction of sp³-hybridized carbons (Fsp3) is 0.440. The van der Waals surface area contributed by atoms with Crippen LogP contribution in [0.3, 0.4) is 0 Å². The molecule has 0 radical (unpaired) electrons. The summed E-state index contributed by atoms with van der Waals surface area (Å²) in [6.45, 7) is 8.21. The number of nitrogens with zero attached hydrogens (tertiary/aromatic N) is 5. The zero-order chi connectivity index (χ0) is 24.6. The van der Waals surface area contributed by atoms with Crippen molar-refractivity contribution in [3.63, 3.8) is 0 Å². The molecule has 0 saturated carbocycles. The zero-order valence-electron chi connectivity index (χ0n) is 20.3. The Morgan fingerprint density at radius 3 is 2.20 bits per heavy atom. The zero-order valence-corrected chi connectivity index (χ0v) is 20.3. The van der Waals surface area contributed by atoms with Crippen molar-refractivity contribution in [3.05, 3.63) is 48.3 Å². The molecule has 10 nitrogen and oxygen atoms in total. The Balaban J connectivity index is 1.39. The number of carbonyl (C=O) groups excluding carboxylic acids is 1. The van der Waals surface area contributed by atoms with E-state index >= 15 is 0 Å². The highest BCUT2D eigenvalue weighted by Gasteiger charge is 2.27. The monoisotopic (exact) mass is 481 g/mol. The van der Waals surface area contributed by atoms with Gasteiger partial charge in [-0.15, -0.1) is 10.2 Å². The summed E-state index contributed by atoms with van der Waals surface area (Å²) in [6.07, 6.45) is 4.84. The minimum absolute atomic E-state index is 0.0396. The number of rotatable bonds is 10. The van der Waals surface area contributed by atoms with Crippen LogP contribution in [-0.2, 0) is 0 Å². The van der Waals surface area contributed by atoms with E-state index in [1.54, 1.807) is 35.3 Å². The molecule has 1 fully saturated rings. The van der Waals surface area contributed by atoms with Gasteiger partial charge in [0.15, 0.2) is 17.3 Å². The van der Waals surface area contributed by atoms with Crippen LogP contribution >= 0.6 is 0 Å². The van der Waals surface area contributed by atoms with Gasteiger partial charge in [-0.1, -0.05) is 0 Å². The van der Waals surface area contributed by atoms with Gasteiger partial charge >= 0.3 is 0 Å². The van der Waals surface area contributed by atoms with E-state index in [1.165, 1.54) is 0 Å². The molecule has 1 amide bonds. The van der Waals surface area contributed by atoms with Crippen LogP contribution in [0, 0.1) is 0 Å². The van der Waals surface area contributed by atoms with Gasteiger partial charge in [0.1, 0.15) is 6.10 Å². The Hall–Kier alpha value is -3.82. The van der Waals surface area contributed by atoms with Gasteiger partial charge in [0.25, 0.3) is 5.91 Å². The lowest BCUT2D eigenvalue weighted by Crippen LogP contribution is -2.41. The smallest absolute Gasteiger partial charge is 0.254 e. The molecule has 2 aromatic heterocycles. The number of carbonyl (C=O) groups is 1. The molecule has 10 heteroatoms. The van der Waals surface area contributed by atoms with Crippen LogP contribution in [0.4, 0.5) is 0 Å². The van der Waals surface area contributed by atoms with Gasteiger partial charge in [-0.3, -0.25) is 4.79 Å². The number of benzene rings is 1. The summed E-state index contributed by atoms with van der Waals surface area (Å²) in [5, 5.41) is 12.5. The molecule has 1 aliphatic rings. The minimum atomic E-state index is -0.0724. The van der Waals surface area contributed by atoms with Crippen molar-refractivity contribution in [2.75, 3.05) is 32.9 Å². The second-order valence-corrected chi connectivity index (χ2v) is 7.89. The van der Waals surface area contributed by atoms with E-state index in [-0.39, 0.29) is 12.0 Å². The molecular weight excluding hydrogens is 450 g/mol. The standard InChI is InChI=1S/C25H31N5O5/c1-4-32-20-16-18(17-21(33-5-2)24(20)34-6-3)25(31)29-14-10-19(11-15-29)35-23-9-8-22(27-28-23)30-13-7-12-26-30/h7-9,12-13,16-17,19H,4-6,10-11,14-15H2,1-3H3. The van der Waals surface area contributed by atoms with Crippen LogP contribution in [-0.4, -0.2) is 69.8 Å². The predicted molar refractivity (Wildman–Crippen MR) is 129 cm³/mol. The van der Waals surface area contributed by atoms with E-state index in [4.69, 9.17) is 18.9 Å². The number of piperidine rings is 1. The number of aromatic nitrogens is 4. The van der Waals surface area contributed by atoms with Crippen molar-refractivity contribution >= 4 is 5.91 Å². The Bertz CT molecular complexity index is 1070. The number of amides is 1. The molecule has 186 valence electrons. The van der Waals surface area contributed by atoms with Crippen LogP contribution in [0.25, 0.3) is 5.82 Å². The highest BCUT2D eigenvalue weighted by molar-refractivity contribution is 5.95. The first-order valence-electron chi connectivity index (χ1n) is 12.0. The van der Waals surface area contributed by atoms with E-state index in [0.29, 0.717) is 80.3 Å². The highest BCUT2D eigenvalue weighted by Crippen LogP contribution is 2.39. The third-order valence-corrected chi connectivity index (χ3v) is 5.54. The van der Waals surface area contributed by atoms with Crippen LogP contribution in [0.1, 0.15) is 44.0 Å². The molecule has 4 rings (SSSR count). The Kier molecular flexibility index (Phi) is 8.02. The lowest BCUT2D eigenvalue weighted by atomic mass is 10.1. The molecule has 0 spiro atoms. The summed E-state index contributed by atoms with van der Waals surface area (Å²) in [5.74, 6) is 2.56. The molecule has 0 bridgehead atoms. The Labute approximate surface area is 204 Å². The van der Waals surface area contributed by atoms with Gasteiger partial charge in [-0.2, -0.15) is 5.10 Å². The lowest BCUT2D eigenvalue weighted by molar-refractivity contribution is 0.0585. The maximum atomic E-state index is 13.3. The van der Waals surface area contributed by atoms with Crippen molar-refractivity contribution in [1.29, 1.82) is 0 Å². The van der Waals surface area contributed by atoms with Crippen LogP contribution in [0.15, 0.2) is 42.7 Å². The van der Waals surface area contributed by atoms with Crippen molar-refractivity contribution in [2.45, 2.75) is 39.7 Å². The number of likely N-dealkylation sites (tertiary alicyclic amines) is 1. The number of hydrogen-bond donors (Lipinski definition) is 0. The molecule has 0 N–H and O–H groups in total. The number of ether oxygens (including phenoxy) is 4. The van der Waals surface area contributed by atoms with Gasteiger partial charge in [-0.05, 0) is 45.0 Å². The summed E-state index contributed by atoms with van der Waals surface area (Å²) in [7, 11) is 0. The summed E-state index contributed by atoms with van der Waals surface area (Å²) in [4.78, 5) is 15.1. The molecule has 3 heterocycles. The average molecular weight is 482 g/mol. The minimum Gasteiger partial charge on any atom is -0.490 e. The highest BCUT2D eigenvalue weighted by atomic mass is 16.5. The van der Waals surface area contributed by atoms with Crippen LogP contribution < -0.4 is 18.9 Å². The van der Waals surface area contributed by atoms with Crippen molar-refractivity contribution in [3.8, 4) is 28.9 Å². The van der Waals surface area contributed by atoms with Gasteiger partial charge < -0.3 is 23.8 Å². The third-order valence-electron chi connectivity index (χ3n) is 5.54. The maximum absolute atomic E-state index is 13.3. The SMILES string of the molecule is CCOc1cc(C(=O)N2CCC(Oc3ccc(-n4cccn4)nn3)CC2)cc(OCC)c1OCC. The average Bonchev–Trinajstić information content (AvgIpc) is 3.42. The van der Waals surface area contributed by atoms with Gasteiger partial charge in [-0.25, -0.2) is 4.68 Å². The van der Waals surface area contributed by atoms with Crippen LogP contribution in [0.2, 0.25) is 0 Å². The largest absolute Gasteiger partial charge is 0.490 e. The van der Waals surface area contributed by atoms with Crippen molar-refractivity contribution < 1.29 is 23.7 Å². The first kappa shape index (κ1) is 24.3. The summed E-state index contributed by atoms with van der Waals surface area (Å²) in [6, 6.07) is 8.89. The van der Waals surface area contributed by atoms with E-state index < -0.39 is 0 Å². The van der Waals surface area contributed by atoms with Gasteiger partial charge in [0, 0.05) is 50.0 Å². The normalized spacial score (nSPS) is 14.0. The van der Waals surface area contributed by atoms with E-state index in [2.05, 4.69) is 15.3 Å². The molecule has 35 heavy (non-hydrogen) atoms. The molecule has 1 aliphatic heterocycles. The molecule has 0 aliphatic carbocycles. The third kappa shape index (κ3) is 5.82. The second-order valence-electron chi connectivity index (χ2n) is 7.89. The fourth-order valence-corrected chi connectivity index (χ4v) is 3.94. The van der Waals surface area contributed by atoms with E-state index in [9.17, 15) is 4.79 Å². The molecule has 1 saturated heterocycles. The Morgan fingerprint density at radius 1 is 0.971 bits per heavy atom. The quantitative estimate of drug-likeness (QED) is 0.433. The molecule has 3 aromatic rings. The first-order valence-corrected chi connectivity index (χ1v) is 12.0. The topological polar surface area (TPSA) is 101 Å². The van der Waals surface area contributed by atoms with Crippen molar-refractivity contribution in [2.24, 2.45) is 0 Å². The summed E-state index contributed by atoms with van der Waals surface area (Å²) < 4.78 is 24.9. The molecule has 1 aromatic carbocycles. The first-order chi connectivity index (χ1) is 17.1. The summed E-state index contributed by atoms with van der Waals surface area (Å²) >= 11 is 0. The predicted octanol–water partition coefficient (Wildman–Crippen LogP) is 3.54. The second kappa shape index (κ2) is 11.5.